The zero-order chi connectivity index (χ0) is 23.9. The van der Waals surface area contributed by atoms with Crippen molar-refractivity contribution < 1.29 is 0 Å². The number of hydrogen-bond acceptors (Lipinski definition) is 0. The molecule has 0 nitrogen and oxygen atoms in total. The van der Waals surface area contributed by atoms with Crippen LogP contribution < -0.4 is 10.4 Å². The van der Waals surface area contributed by atoms with Gasteiger partial charge in [-0.3, -0.25) is 0 Å². The second kappa shape index (κ2) is 8.81. The molecule has 0 N–H and O–H groups in total. The van der Waals surface area contributed by atoms with Crippen LogP contribution in [0.1, 0.15) is 5.56 Å². The molecule has 4 atom stereocenters. The molecule has 0 saturated carbocycles. The minimum atomic E-state index is 0.316. The van der Waals surface area contributed by atoms with Crippen molar-refractivity contribution in [3.05, 3.63) is 167 Å². The third-order valence-corrected chi connectivity index (χ3v) is 8.07. The molecule has 7 rings (SSSR count). The van der Waals surface area contributed by atoms with E-state index in [1.54, 1.807) is 0 Å². The Morgan fingerprint density at radius 3 is 1.67 bits per heavy atom. The molecule has 0 bridgehead atoms. The highest BCUT2D eigenvalue weighted by Crippen LogP contribution is 2.45. The molecule has 3 aromatic carbocycles. The SMILES string of the molecule is C1=CC2C=CC=C(C3=c4ccccc4=C(c4ccc(-c5ccccc5)cc4)C4C=CC=CC34)C2C=C1. The maximum Gasteiger partial charge on any atom is 0.0137 e. The topological polar surface area (TPSA) is 0 Å². The van der Waals surface area contributed by atoms with Gasteiger partial charge in [-0.15, -0.1) is 0 Å². The number of fused-ring (bicyclic) bond motifs is 3. The second-order valence-electron chi connectivity index (χ2n) is 10.0. The van der Waals surface area contributed by atoms with E-state index in [4.69, 9.17) is 0 Å². The first-order chi connectivity index (χ1) is 17.9. The van der Waals surface area contributed by atoms with E-state index in [0.717, 1.165) is 0 Å². The normalized spacial score (nSPS) is 25.3. The third kappa shape index (κ3) is 3.45. The van der Waals surface area contributed by atoms with Gasteiger partial charge < -0.3 is 0 Å². The molecule has 0 spiro atoms. The van der Waals surface area contributed by atoms with Gasteiger partial charge in [-0.2, -0.15) is 0 Å². The van der Waals surface area contributed by atoms with Gasteiger partial charge in [0, 0.05) is 23.7 Å². The minimum Gasteiger partial charge on any atom is -0.0767 e. The Hall–Kier alpha value is -4.16. The van der Waals surface area contributed by atoms with Crippen molar-refractivity contribution in [1.29, 1.82) is 0 Å². The Morgan fingerprint density at radius 1 is 0.389 bits per heavy atom. The molecule has 36 heavy (non-hydrogen) atoms. The average molecular weight is 461 g/mol. The van der Waals surface area contributed by atoms with Crippen LogP contribution in [-0.2, 0) is 0 Å². The van der Waals surface area contributed by atoms with E-state index in [1.807, 2.05) is 0 Å². The first-order valence-corrected chi connectivity index (χ1v) is 13.0. The van der Waals surface area contributed by atoms with Crippen LogP contribution in [0.15, 0.2) is 151 Å². The molecule has 3 aromatic rings. The van der Waals surface area contributed by atoms with Gasteiger partial charge in [0.2, 0.25) is 0 Å². The monoisotopic (exact) mass is 460 g/mol. The standard InChI is InChI=1S/C36H28/c1-2-11-25(12-3-1)26-21-23-28(24-22-26)35-31-16-6-8-18-33(31)36(34-19-9-7-17-32(34)35)30-20-10-14-27-13-4-5-15-29(27)30/h1-24,27,29,31,33H. The molecular formula is C36H28. The summed E-state index contributed by atoms with van der Waals surface area (Å²) in [5.41, 5.74) is 8.21. The average Bonchev–Trinajstić information content (AvgIpc) is 2.96. The summed E-state index contributed by atoms with van der Waals surface area (Å²) >= 11 is 0. The summed E-state index contributed by atoms with van der Waals surface area (Å²) in [6.45, 7) is 0. The van der Waals surface area contributed by atoms with Crippen LogP contribution in [0.3, 0.4) is 0 Å². The predicted octanol–water partition coefficient (Wildman–Crippen LogP) is 6.93. The van der Waals surface area contributed by atoms with E-state index in [2.05, 4.69) is 146 Å². The second-order valence-corrected chi connectivity index (χ2v) is 10.0. The molecule has 4 unspecified atom stereocenters. The number of hydrogen-bond donors (Lipinski definition) is 0. The van der Waals surface area contributed by atoms with Crippen LogP contribution >= 0.6 is 0 Å². The smallest absolute Gasteiger partial charge is 0.0137 e. The maximum absolute atomic E-state index is 2.42. The number of allylic oxidation sites excluding steroid dienone is 12. The molecule has 0 heteroatoms. The van der Waals surface area contributed by atoms with Crippen LogP contribution in [0.2, 0.25) is 0 Å². The highest BCUT2D eigenvalue weighted by atomic mass is 14.4. The molecular weight excluding hydrogens is 432 g/mol. The molecule has 172 valence electrons. The zero-order valence-electron chi connectivity index (χ0n) is 20.2. The van der Waals surface area contributed by atoms with Crippen LogP contribution in [0.25, 0.3) is 22.3 Å². The summed E-state index contributed by atoms with van der Waals surface area (Å²) in [5, 5.41) is 2.74. The Labute approximate surface area is 213 Å². The van der Waals surface area contributed by atoms with Gasteiger partial charge in [-0.1, -0.05) is 146 Å². The van der Waals surface area contributed by atoms with Crippen molar-refractivity contribution in [2.24, 2.45) is 23.7 Å². The van der Waals surface area contributed by atoms with Crippen molar-refractivity contribution >= 4 is 11.1 Å². The molecule has 4 aliphatic carbocycles. The summed E-state index contributed by atoms with van der Waals surface area (Å²) in [6, 6.07) is 28.9. The summed E-state index contributed by atoms with van der Waals surface area (Å²) < 4.78 is 0. The Kier molecular flexibility index (Phi) is 5.17. The lowest BCUT2D eigenvalue weighted by Gasteiger charge is -2.37. The van der Waals surface area contributed by atoms with Crippen LogP contribution in [0.5, 0.6) is 0 Å². The Bertz CT molecular complexity index is 1620. The van der Waals surface area contributed by atoms with Gasteiger partial charge in [0.05, 0.1) is 0 Å². The molecule has 4 aliphatic rings. The maximum atomic E-state index is 2.42. The van der Waals surface area contributed by atoms with E-state index in [1.165, 1.54) is 43.8 Å². The molecule has 0 amide bonds. The van der Waals surface area contributed by atoms with Crippen molar-refractivity contribution in [3.8, 4) is 11.1 Å². The fraction of sp³-hybridized carbons (Fsp3) is 0.111. The first-order valence-electron chi connectivity index (χ1n) is 13.0. The van der Waals surface area contributed by atoms with Crippen LogP contribution in [-0.4, -0.2) is 0 Å². The Morgan fingerprint density at radius 2 is 0.917 bits per heavy atom. The van der Waals surface area contributed by atoms with Gasteiger partial charge in [-0.05, 0) is 43.8 Å². The lowest BCUT2D eigenvalue weighted by atomic mass is 9.66. The molecule has 0 fully saturated rings. The quantitative estimate of drug-likeness (QED) is 0.398. The van der Waals surface area contributed by atoms with Gasteiger partial charge in [-0.25, -0.2) is 0 Å². The van der Waals surface area contributed by atoms with Crippen molar-refractivity contribution in [2.45, 2.75) is 0 Å². The molecule has 0 saturated heterocycles. The molecule has 0 aromatic heterocycles. The van der Waals surface area contributed by atoms with E-state index in [9.17, 15) is 0 Å². The predicted molar refractivity (Wildman–Crippen MR) is 151 cm³/mol. The van der Waals surface area contributed by atoms with Crippen LogP contribution in [0.4, 0.5) is 0 Å². The summed E-state index contributed by atoms with van der Waals surface area (Å²) in [5.74, 6) is 1.48. The highest BCUT2D eigenvalue weighted by molar-refractivity contribution is 5.82. The molecule has 0 aliphatic heterocycles. The van der Waals surface area contributed by atoms with Crippen LogP contribution in [0, 0.1) is 23.7 Å². The van der Waals surface area contributed by atoms with E-state index in [0.29, 0.717) is 23.7 Å². The van der Waals surface area contributed by atoms with E-state index >= 15 is 0 Å². The number of benzene rings is 3. The number of rotatable bonds is 3. The lowest BCUT2D eigenvalue weighted by molar-refractivity contribution is 0.611. The van der Waals surface area contributed by atoms with Crippen molar-refractivity contribution in [2.75, 3.05) is 0 Å². The van der Waals surface area contributed by atoms with E-state index < -0.39 is 0 Å². The summed E-state index contributed by atoms with van der Waals surface area (Å²) in [4.78, 5) is 0. The fourth-order valence-corrected chi connectivity index (χ4v) is 6.43. The van der Waals surface area contributed by atoms with Crippen molar-refractivity contribution in [3.63, 3.8) is 0 Å². The highest BCUT2D eigenvalue weighted by Gasteiger charge is 2.35. The Balaban J connectivity index is 1.46. The van der Waals surface area contributed by atoms with Gasteiger partial charge in [0.1, 0.15) is 0 Å². The lowest BCUT2D eigenvalue weighted by Crippen LogP contribution is -2.41. The third-order valence-electron chi connectivity index (χ3n) is 8.07. The van der Waals surface area contributed by atoms with Gasteiger partial charge >= 0.3 is 0 Å². The van der Waals surface area contributed by atoms with Gasteiger partial charge in [0.25, 0.3) is 0 Å². The van der Waals surface area contributed by atoms with Crippen molar-refractivity contribution in [1.82, 2.24) is 0 Å². The molecule has 0 heterocycles. The zero-order valence-corrected chi connectivity index (χ0v) is 20.2. The first kappa shape index (κ1) is 21.1. The summed E-state index contributed by atoms with van der Waals surface area (Å²) in [7, 11) is 0. The summed E-state index contributed by atoms with van der Waals surface area (Å²) in [6.07, 6.45) is 25.4. The van der Waals surface area contributed by atoms with E-state index in [-0.39, 0.29) is 0 Å². The van der Waals surface area contributed by atoms with Gasteiger partial charge in [0.15, 0.2) is 0 Å². The minimum absolute atomic E-state index is 0.316. The largest absolute Gasteiger partial charge is 0.0767 e. The fourth-order valence-electron chi connectivity index (χ4n) is 6.43. The molecule has 0 radical (unpaired) electrons.